The van der Waals surface area contributed by atoms with Gasteiger partial charge in [0, 0.05) is 19.3 Å². The Bertz CT molecular complexity index is 2600. The summed E-state index contributed by atoms with van der Waals surface area (Å²) in [6, 6.07) is 0. The van der Waals surface area contributed by atoms with Crippen molar-refractivity contribution in [2.24, 2.45) is 0 Å². The molecule has 5 atom stereocenters. The van der Waals surface area contributed by atoms with E-state index in [0.717, 1.165) is 128 Å². The van der Waals surface area contributed by atoms with E-state index in [1.165, 1.54) is 83.5 Å². The number of phosphoric ester groups is 2. The standard InChI is InChI=1S/C85H138O16P2/c1-4-7-10-13-16-19-22-25-28-31-33-35-36-37-38-39-40-41-42-44-46-48-50-53-56-59-62-65-68-71-83(88)95-74-80(86)75-97-102(91,92)98-76-81(87)77-99-103(93,94)100-79-82(101-85(90)73-70-67-64-61-58-55-52-47-30-27-24-21-18-15-12-9-6-3)78-96-84(89)72-69-66-63-60-57-54-51-49-45-43-34-32-29-26-23-20-17-14-11-8-5-2/h8-9,11-12,16-21,25-30,33-35,37-38,43,49,51-52,55,57,60-61,64,80-82,86-87H,4-7,10,13-15,22-24,31-32,36,39-42,44-48,50,53-54,56,58-59,62-63,65-79H2,1-3H3,(H,91,92)(H,93,94)/b11-8-,12-9-,19-16-,20-17-,21-18-,28-25-,29-26-,30-27-,35-33-,38-37-,43-34-,51-49-,55-52-,60-57-,64-61-. The van der Waals surface area contributed by atoms with Gasteiger partial charge in [0.1, 0.15) is 25.4 Å². The lowest BCUT2D eigenvalue weighted by atomic mass is 10.0. The highest BCUT2D eigenvalue weighted by atomic mass is 31.2. The molecule has 0 amide bonds. The van der Waals surface area contributed by atoms with Crippen LogP contribution in [0.4, 0.5) is 0 Å². The molecule has 4 N–H and O–H groups in total. The summed E-state index contributed by atoms with van der Waals surface area (Å²) in [7, 11) is -9.84. The summed E-state index contributed by atoms with van der Waals surface area (Å²) >= 11 is 0. The molecule has 0 aromatic rings. The Kier molecular flexibility index (Phi) is 72.3. The predicted molar refractivity (Wildman–Crippen MR) is 426 cm³/mol. The van der Waals surface area contributed by atoms with Crippen molar-refractivity contribution in [1.29, 1.82) is 0 Å². The number of allylic oxidation sites excluding steroid dienone is 30. The van der Waals surface area contributed by atoms with E-state index in [4.69, 9.17) is 32.3 Å². The molecule has 0 rings (SSSR count). The maximum Gasteiger partial charge on any atom is 0.472 e. The number of hydrogen-bond donors (Lipinski definition) is 4. The first-order chi connectivity index (χ1) is 50.2. The summed E-state index contributed by atoms with van der Waals surface area (Å²) in [5.41, 5.74) is 0. The van der Waals surface area contributed by atoms with Crippen LogP contribution in [-0.4, -0.2) is 95.9 Å². The molecule has 0 saturated heterocycles. The van der Waals surface area contributed by atoms with Crippen LogP contribution in [0, 0.1) is 0 Å². The molecule has 0 aliphatic heterocycles. The fraction of sp³-hybridized carbons (Fsp3) is 0.612. The normalized spacial score (nSPS) is 15.0. The first-order valence-electron chi connectivity index (χ1n) is 39.1. The van der Waals surface area contributed by atoms with Crippen molar-refractivity contribution >= 4 is 33.6 Å². The van der Waals surface area contributed by atoms with Crippen LogP contribution in [0.3, 0.4) is 0 Å². The predicted octanol–water partition coefficient (Wildman–Crippen LogP) is 23.0. The van der Waals surface area contributed by atoms with E-state index in [2.05, 4.69) is 191 Å². The maximum atomic E-state index is 12.9. The second kappa shape index (κ2) is 76.3. The van der Waals surface area contributed by atoms with E-state index in [1.54, 1.807) is 0 Å². The van der Waals surface area contributed by atoms with Gasteiger partial charge in [0.2, 0.25) is 0 Å². The fourth-order valence-corrected chi connectivity index (χ4v) is 11.3. The SMILES string of the molecule is CC/C=C\C/C=C\C/C=C\C/C=C\C/C=C\C/C=C\CCCCC(=O)OCC(COP(=O)(O)OCC(O)COP(=O)(O)OCC(O)COC(=O)CCCCCCCCCCCCCCC/C=C\C/C=C\C/C=C\C/C=C\CCCCC)OC(=O)CCC/C=C\C/C=C\C/C=C\C/C=C\C/C=C\CC. The minimum atomic E-state index is -4.96. The van der Waals surface area contributed by atoms with Crippen LogP contribution in [0.5, 0.6) is 0 Å². The van der Waals surface area contributed by atoms with Crippen molar-refractivity contribution < 1.29 is 75.8 Å². The average Bonchev–Trinajstić information content (AvgIpc) is 0.924. The highest BCUT2D eigenvalue weighted by molar-refractivity contribution is 7.47. The molecule has 0 aliphatic carbocycles. The minimum Gasteiger partial charge on any atom is -0.463 e. The minimum absolute atomic E-state index is 0.00883. The zero-order valence-electron chi connectivity index (χ0n) is 63.7. The molecule has 5 unspecified atom stereocenters. The molecular weight excluding hydrogens is 1340 g/mol. The smallest absolute Gasteiger partial charge is 0.463 e. The van der Waals surface area contributed by atoms with E-state index in [-0.39, 0.29) is 19.3 Å². The third-order valence-electron chi connectivity index (χ3n) is 15.6. The van der Waals surface area contributed by atoms with E-state index in [1.807, 2.05) is 12.2 Å². The van der Waals surface area contributed by atoms with Crippen LogP contribution in [0.1, 0.15) is 278 Å². The Hall–Kier alpha value is -5.35. The first-order valence-corrected chi connectivity index (χ1v) is 42.1. The Morgan fingerprint density at radius 2 is 0.524 bits per heavy atom. The van der Waals surface area contributed by atoms with Crippen LogP contribution in [0.25, 0.3) is 0 Å². The lowest BCUT2D eigenvalue weighted by Gasteiger charge is -2.21. The Balaban J connectivity index is 4.65. The molecule has 0 saturated carbocycles. The molecule has 103 heavy (non-hydrogen) atoms. The number of unbranched alkanes of at least 4 members (excludes halogenated alkanes) is 19. The molecule has 0 spiro atoms. The average molecular weight is 1480 g/mol. The molecule has 0 heterocycles. The third-order valence-corrected chi connectivity index (χ3v) is 17.5. The number of carbonyl (C=O) groups excluding carboxylic acids is 3. The summed E-state index contributed by atoms with van der Waals surface area (Å²) in [6.45, 7) is 2.28. The first kappa shape index (κ1) is 97.7. The molecule has 0 bridgehead atoms. The van der Waals surface area contributed by atoms with Crippen molar-refractivity contribution in [1.82, 2.24) is 0 Å². The topological polar surface area (TPSA) is 231 Å². The van der Waals surface area contributed by atoms with Crippen LogP contribution in [0.2, 0.25) is 0 Å². The number of aliphatic hydroxyl groups is 2. The summed E-state index contributed by atoms with van der Waals surface area (Å²) in [6.07, 6.45) is 98.1. The van der Waals surface area contributed by atoms with Crippen molar-refractivity contribution in [3.8, 4) is 0 Å². The zero-order chi connectivity index (χ0) is 75.2. The highest BCUT2D eigenvalue weighted by Gasteiger charge is 2.29. The number of phosphoric acid groups is 2. The van der Waals surface area contributed by atoms with Gasteiger partial charge in [0.15, 0.2) is 6.10 Å². The van der Waals surface area contributed by atoms with Gasteiger partial charge in [-0.1, -0.05) is 287 Å². The van der Waals surface area contributed by atoms with Gasteiger partial charge in [-0.15, -0.1) is 0 Å². The van der Waals surface area contributed by atoms with Gasteiger partial charge in [-0.3, -0.25) is 32.5 Å². The van der Waals surface area contributed by atoms with Gasteiger partial charge < -0.3 is 34.2 Å². The molecule has 18 heteroatoms. The van der Waals surface area contributed by atoms with Gasteiger partial charge in [-0.2, -0.15) is 0 Å². The van der Waals surface area contributed by atoms with E-state index < -0.39 is 91.5 Å². The number of carbonyl (C=O) groups is 3. The highest BCUT2D eigenvalue weighted by Crippen LogP contribution is 2.45. The third kappa shape index (κ3) is 77.6. The molecule has 16 nitrogen and oxygen atoms in total. The molecular formula is C85H138O16P2. The van der Waals surface area contributed by atoms with Gasteiger partial charge in [0.25, 0.3) is 0 Å². The summed E-state index contributed by atoms with van der Waals surface area (Å²) < 4.78 is 61.0. The maximum absolute atomic E-state index is 12.9. The Labute approximate surface area is 624 Å². The monoisotopic (exact) mass is 1480 g/mol. The van der Waals surface area contributed by atoms with Crippen molar-refractivity contribution in [3.63, 3.8) is 0 Å². The molecule has 0 aliphatic rings. The van der Waals surface area contributed by atoms with Crippen LogP contribution in [-0.2, 0) is 55.8 Å². The van der Waals surface area contributed by atoms with Crippen LogP contribution >= 0.6 is 15.6 Å². The lowest BCUT2D eigenvalue weighted by Crippen LogP contribution is -2.30. The van der Waals surface area contributed by atoms with E-state index in [9.17, 15) is 43.5 Å². The summed E-state index contributed by atoms with van der Waals surface area (Å²) in [5, 5.41) is 20.6. The van der Waals surface area contributed by atoms with Crippen LogP contribution < -0.4 is 0 Å². The number of hydrogen-bond acceptors (Lipinski definition) is 14. The number of esters is 3. The van der Waals surface area contributed by atoms with Gasteiger partial charge in [0.05, 0.1) is 26.4 Å². The van der Waals surface area contributed by atoms with Gasteiger partial charge in [-0.25, -0.2) is 9.13 Å². The van der Waals surface area contributed by atoms with Crippen LogP contribution in [0.15, 0.2) is 182 Å². The largest absolute Gasteiger partial charge is 0.472 e. The number of ether oxygens (including phenoxy) is 3. The Morgan fingerprint density at radius 3 is 0.864 bits per heavy atom. The Morgan fingerprint density at radius 1 is 0.282 bits per heavy atom. The number of rotatable bonds is 72. The molecule has 0 radical (unpaired) electrons. The van der Waals surface area contributed by atoms with Gasteiger partial charge >= 0.3 is 33.6 Å². The second-order valence-corrected chi connectivity index (χ2v) is 28.3. The summed E-state index contributed by atoms with van der Waals surface area (Å²) in [5.74, 6) is -1.71. The van der Waals surface area contributed by atoms with Gasteiger partial charge in [-0.05, 0) is 154 Å². The molecule has 584 valence electrons. The summed E-state index contributed by atoms with van der Waals surface area (Å²) in [4.78, 5) is 58.6. The van der Waals surface area contributed by atoms with E-state index >= 15 is 0 Å². The number of aliphatic hydroxyl groups excluding tert-OH is 2. The molecule has 0 fully saturated rings. The van der Waals surface area contributed by atoms with Crippen molar-refractivity contribution in [2.45, 2.75) is 296 Å². The molecule has 0 aromatic heterocycles. The van der Waals surface area contributed by atoms with Crippen molar-refractivity contribution in [3.05, 3.63) is 182 Å². The second-order valence-electron chi connectivity index (χ2n) is 25.4. The van der Waals surface area contributed by atoms with Crippen molar-refractivity contribution in [2.75, 3.05) is 39.6 Å². The van der Waals surface area contributed by atoms with E-state index in [0.29, 0.717) is 25.7 Å². The fourth-order valence-electron chi connectivity index (χ4n) is 9.71. The quantitative estimate of drug-likeness (QED) is 0.0146. The lowest BCUT2D eigenvalue weighted by molar-refractivity contribution is -0.161. The zero-order valence-corrected chi connectivity index (χ0v) is 65.5. The molecule has 0 aromatic carbocycles.